The van der Waals surface area contributed by atoms with Gasteiger partial charge in [-0.25, -0.2) is 9.59 Å². The van der Waals surface area contributed by atoms with E-state index in [1.807, 2.05) is 37.3 Å². The van der Waals surface area contributed by atoms with E-state index >= 15 is 0 Å². The van der Waals surface area contributed by atoms with E-state index in [0.29, 0.717) is 0 Å². The van der Waals surface area contributed by atoms with Crippen LogP contribution < -0.4 is 5.32 Å². The number of carboxylic acid groups (broad SMARTS) is 1. The van der Waals surface area contributed by atoms with Gasteiger partial charge in [-0.3, -0.25) is 0 Å². The van der Waals surface area contributed by atoms with E-state index in [1.54, 1.807) is 20.8 Å². The highest BCUT2D eigenvalue weighted by molar-refractivity contribution is 5.90. The maximum Gasteiger partial charge on any atom is 0.408 e. The molecule has 2 N–H and O–H groups in total. The number of carbonyl (C=O) groups excluding carboxylic acids is 1. The lowest BCUT2D eigenvalue weighted by molar-refractivity contribution is -0.141. The standard InChI is InChI=1S/C16H21NO4/c1-10-12(11-8-6-5-7-9-11)16(10,13(18)19)17-14(20)21-15(2,3)4/h5-10,12H,1-4H3,(H,17,20)(H,18,19)/t10-,12-,16+/m0/s1. The topological polar surface area (TPSA) is 75.6 Å². The van der Waals surface area contributed by atoms with Crippen molar-refractivity contribution in [1.29, 1.82) is 0 Å². The third-order valence-electron chi connectivity index (χ3n) is 3.82. The molecule has 1 aromatic carbocycles. The summed E-state index contributed by atoms with van der Waals surface area (Å²) in [6.07, 6.45) is -0.699. The summed E-state index contributed by atoms with van der Waals surface area (Å²) in [5.74, 6) is -1.47. The number of hydrogen-bond acceptors (Lipinski definition) is 3. The molecule has 1 fully saturated rings. The Bertz CT molecular complexity index is 549. The number of nitrogens with one attached hydrogen (secondary N) is 1. The molecule has 0 saturated heterocycles. The molecule has 1 amide bonds. The van der Waals surface area contributed by atoms with Gasteiger partial charge < -0.3 is 15.2 Å². The number of ether oxygens (including phenoxy) is 1. The highest BCUT2D eigenvalue weighted by atomic mass is 16.6. The van der Waals surface area contributed by atoms with Crippen LogP contribution in [0, 0.1) is 5.92 Å². The third-order valence-corrected chi connectivity index (χ3v) is 3.82. The van der Waals surface area contributed by atoms with Crippen LogP contribution in [0.5, 0.6) is 0 Å². The molecule has 0 aliphatic heterocycles. The zero-order valence-corrected chi connectivity index (χ0v) is 12.7. The number of rotatable bonds is 3. The molecule has 2 rings (SSSR count). The summed E-state index contributed by atoms with van der Waals surface area (Å²) in [5, 5.41) is 12.1. The second-order valence-electron chi connectivity index (χ2n) is 6.48. The van der Waals surface area contributed by atoms with E-state index in [4.69, 9.17) is 4.74 Å². The summed E-state index contributed by atoms with van der Waals surface area (Å²) in [5.41, 5.74) is -1.04. The SMILES string of the molecule is C[C@H]1[C@@H](c2ccccc2)[C@@]1(NC(=O)OC(C)(C)C)C(=O)O. The molecule has 1 aliphatic carbocycles. The zero-order valence-electron chi connectivity index (χ0n) is 12.7. The van der Waals surface area contributed by atoms with Crippen molar-refractivity contribution < 1.29 is 19.4 Å². The maximum absolute atomic E-state index is 11.9. The average Bonchev–Trinajstić information content (AvgIpc) is 2.94. The Balaban J connectivity index is 2.21. The van der Waals surface area contributed by atoms with Crippen LogP contribution >= 0.6 is 0 Å². The van der Waals surface area contributed by atoms with Crippen LogP contribution in [-0.2, 0) is 9.53 Å². The Hall–Kier alpha value is -2.04. The summed E-state index contributed by atoms with van der Waals surface area (Å²) in [6, 6.07) is 9.35. The Morgan fingerprint density at radius 1 is 1.24 bits per heavy atom. The van der Waals surface area contributed by atoms with Crippen LogP contribution in [0.2, 0.25) is 0 Å². The van der Waals surface area contributed by atoms with Crippen molar-refractivity contribution in [1.82, 2.24) is 5.32 Å². The van der Waals surface area contributed by atoms with Gasteiger partial charge >= 0.3 is 12.1 Å². The number of benzene rings is 1. The van der Waals surface area contributed by atoms with E-state index in [0.717, 1.165) is 5.56 Å². The molecule has 0 heterocycles. The van der Waals surface area contributed by atoms with Crippen molar-refractivity contribution in [3.8, 4) is 0 Å². The Kier molecular flexibility index (Phi) is 3.70. The van der Waals surface area contributed by atoms with Crippen LogP contribution in [0.25, 0.3) is 0 Å². The summed E-state index contributed by atoms with van der Waals surface area (Å²) in [6.45, 7) is 7.05. The number of hydrogen-bond donors (Lipinski definition) is 2. The molecule has 0 spiro atoms. The molecular weight excluding hydrogens is 270 g/mol. The second-order valence-corrected chi connectivity index (χ2v) is 6.48. The third kappa shape index (κ3) is 2.86. The first kappa shape index (κ1) is 15.4. The highest BCUT2D eigenvalue weighted by Crippen LogP contribution is 2.57. The minimum absolute atomic E-state index is 0.190. The highest BCUT2D eigenvalue weighted by Gasteiger charge is 2.69. The zero-order chi connectivity index (χ0) is 15.8. The minimum atomic E-state index is -1.29. The van der Waals surface area contributed by atoms with Crippen molar-refractivity contribution >= 4 is 12.1 Å². The molecule has 5 nitrogen and oxygen atoms in total. The first-order valence-electron chi connectivity index (χ1n) is 6.98. The van der Waals surface area contributed by atoms with Crippen LogP contribution in [-0.4, -0.2) is 28.3 Å². The molecule has 3 atom stereocenters. The van der Waals surface area contributed by atoms with Crippen molar-refractivity contribution in [2.75, 3.05) is 0 Å². The van der Waals surface area contributed by atoms with Gasteiger partial charge in [-0.2, -0.15) is 0 Å². The van der Waals surface area contributed by atoms with Crippen molar-refractivity contribution in [2.24, 2.45) is 5.92 Å². The Labute approximate surface area is 124 Å². The van der Waals surface area contributed by atoms with E-state index in [1.165, 1.54) is 0 Å². The fraction of sp³-hybridized carbons (Fsp3) is 0.500. The fourth-order valence-electron chi connectivity index (χ4n) is 2.82. The monoisotopic (exact) mass is 291 g/mol. The first-order valence-corrected chi connectivity index (χ1v) is 6.98. The van der Waals surface area contributed by atoms with Gasteiger partial charge in [-0.15, -0.1) is 0 Å². The van der Waals surface area contributed by atoms with Gasteiger partial charge in [0.25, 0.3) is 0 Å². The van der Waals surface area contributed by atoms with E-state index in [2.05, 4.69) is 5.32 Å². The van der Waals surface area contributed by atoms with Gasteiger partial charge in [-0.1, -0.05) is 37.3 Å². The van der Waals surface area contributed by atoms with Crippen molar-refractivity contribution in [3.63, 3.8) is 0 Å². The second kappa shape index (κ2) is 5.06. The number of amides is 1. The summed E-state index contributed by atoms with van der Waals surface area (Å²) >= 11 is 0. The maximum atomic E-state index is 11.9. The lowest BCUT2D eigenvalue weighted by Crippen LogP contribution is -2.47. The van der Waals surface area contributed by atoms with Gasteiger partial charge in [0, 0.05) is 11.8 Å². The van der Waals surface area contributed by atoms with Gasteiger partial charge in [0.1, 0.15) is 5.60 Å². The fourth-order valence-corrected chi connectivity index (χ4v) is 2.82. The lowest BCUT2D eigenvalue weighted by Gasteiger charge is -2.22. The summed E-state index contributed by atoms with van der Waals surface area (Å²) in [4.78, 5) is 23.7. The lowest BCUT2D eigenvalue weighted by atomic mass is 10.1. The molecule has 21 heavy (non-hydrogen) atoms. The molecule has 5 heteroatoms. The molecule has 0 unspecified atom stereocenters. The minimum Gasteiger partial charge on any atom is -0.479 e. The molecule has 114 valence electrons. The smallest absolute Gasteiger partial charge is 0.408 e. The Morgan fingerprint density at radius 3 is 2.29 bits per heavy atom. The van der Waals surface area contributed by atoms with Crippen molar-refractivity contribution in [2.45, 2.75) is 44.8 Å². The van der Waals surface area contributed by atoms with Crippen molar-refractivity contribution in [3.05, 3.63) is 35.9 Å². The molecule has 1 aliphatic rings. The van der Waals surface area contributed by atoms with Gasteiger partial charge in [-0.05, 0) is 26.3 Å². The van der Waals surface area contributed by atoms with Crippen LogP contribution in [0.15, 0.2) is 30.3 Å². The largest absolute Gasteiger partial charge is 0.479 e. The molecular formula is C16H21NO4. The summed E-state index contributed by atoms with van der Waals surface area (Å²) < 4.78 is 5.18. The predicted octanol–water partition coefficient (Wildman–Crippen LogP) is 2.77. The van der Waals surface area contributed by atoms with E-state index in [-0.39, 0.29) is 11.8 Å². The van der Waals surface area contributed by atoms with Crippen LogP contribution in [0.3, 0.4) is 0 Å². The number of carboxylic acids is 1. The van der Waals surface area contributed by atoms with E-state index < -0.39 is 23.2 Å². The molecule has 0 radical (unpaired) electrons. The molecule has 1 aromatic rings. The first-order chi connectivity index (χ1) is 9.68. The molecule has 1 saturated carbocycles. The number of aliphatic carboxylic acids is 1. The number of alkyl carbamates (subject to hydrolysis) is 1. The van der Waals surface area contributed by atoms with E-state index in [9.17, 15) is 14.7 Å². The van der Waals surface area contributed by atoms with Crippen LogP contribution in [0.4, 0.5) is 4.79 Å². The normalized spacial score (nSPS) is 27.8. The molecule has 0 bridgehead atoms. The Morgan fingerprint density at radius 2 is 1.81 bits per heavy atom. The predicted molar refractivity (Wildman–Crippen MR) is 78.1 cm³/mol. The van der Waals surface area contributed by atoms with Crippen LogP contribution in [0.1, 0.15) is 39.2 Å². The van der Waals surface area contributed by atoms with Gasteiger partial charge in [0.15, 0.2) is 5.54 Å². The number of carbonyl (C=O) groups is 2. The molecule has 0 aromatic heterocycles. The summed E-state index contributed by atoms with van der Waals surface area (Å²) in [7, 11) is 0. The quantitative estimate of drug-likeness (QED) is 0.898. The van der Waals surface area contributed by atoms with Gasteiger partial charge in [0.05, 0.1) is 0 Å². The van der Waals surface area contributed by atoms with Gasteiger partial charge in [0.2, 0.25) is 0 Å². The average molecular weight is 291 g/mol.